The first-order valence-electron chi connectivity index (χ1n) is 14.0. The van der Waals surface area contributed by atoms with E-state index in [1.54, 1.807) is 47.5 Å². The van der Waals surface area contributed by atoms with Crippen molar-refractivity contribution in [1.29, 1.82) is 0 Å². The van der Waals surface area contributed by atoms with Crippen LogP contribution in [0.3, 0.4) is 0 Å². The molecule has 5 aromatic rings. The Hall–Kier alpha value is -4.08. The fourth-order valence-corrected chi connectivity index (χ4v) is 7.26. The van der Waals surface area contributed by atoms with Gasteiger partial charge in [-0.15, -0.1) is 0 Å². The SMILES string of the molecule is O=S(=O)(O)c1ccc2ccccc2c1.O=[N+]([O-])c1ccccc1S(=O)(=O)NCC1=NN(c2ccc(Cl)cc2Cl)C(c2ccc(Cl)cc2)C1. The quantitative estimate of drug-likeness (QED) is 0.0920. The van der Waals surface area contributed by atoms with E-state index in [2.05, 4.69) is 9.82 Å². The van der Waals surface area contributed by atoms with Crippen molar-refractivity contribution in [3.05, 3.63) is 140 Å². The second-order valence-electron chi connectivity index (χ2n) is 10.4. The number of nitro groups is 1. The molecular weight excluding hydrogens is 723 g/mol. The summed E-state index contributed by atoms with van der Waals surface area (Å²) in [6.45, 7) is -0.139. The highest BCUT2D eigenvalue weighted by atomic mass is 35.5. The zero-order chi connectivity index (χ0) is 34.6. The lowest BCUT2D eigenvalue weighted by atomic mass is 10.0. The van der Waals surface area contributed by atoms with Crippen LogP contribution >= 0.6 is 34.8 Å². The van der Waals surface area contributed by atoms with E-state index in [1.807, 2.05) is 30.3 Å². The molecule has 6 rings (SSSR count). The lowest BCUT2D eigenvalue weighted by Gasteiger charge is -2.25. The second kappa shape index (κ2) is 14.6. The van der Waals surface area contributed by atoms with Gasteiger partial charge in [-0.25, -0.2) is 13.1 Å². The molecule has 1 aliphatic rings. The van der Waals surface area contributed by atoms with Crippen LogP contribution in [0.1, 0.15) is 18.0 Å². The van der Waals surface area contributed by atoms with Crippen LogP contribution in [0.5, 0.6) is 0 Å². The van der Waals surface area contributed by atoms with Crippen molar-refractivity contribution < 1.29 is 26.3 Å². The van der Waals surface area contributed by atoms with Crippen LogP contribution in [0.25, 0.3) is 10.8 Å². The van der Waals surface area contributed by atoms with Gasteiger partial charge in [0.1, 0.15) is 0 Å². The van der Waals surface area contributed by atoms with Crippen molar-refractivity contribution in [2.45, 2.75) is 22.3 Å². The molecule has 11 nitrogen and oxygen atoms in total. The highest BCUT2D eigenvalue weighted by Crippen LogP contribution is 2.40. The van der Waals surface area contributed by atoms with E-state index in [0.29, 0.717) is 32.9 Å². The van der Waals surface area contributed by atoms with E-state index in [-0.39, 0.29) is 17.5 Å². The Morgan fingerprint density at radius 1 is 0.833 bits per heavy atom. The van der Waals surface area contributed by atoms with Crippen molar-refractivity contribution in [2.75, 3.05) is 11.6 Å². The molecule has 48 heavy (non-hydrogen) atoms. The number of sulfonamides is 1. The van der Waals surface area contributed by atoms with Gasteiger partial charge in [0.15, 0.2) is 4.90 Å². The number of anilines is 1. The maximum absolute atomic E-state index is 12.8. The zero-order valence-corrected chi connectivity index (χ0v) is 28.5. The summed E-state index contributed by atoms with van der Waals surface area (Å²) in [7, 11) is -8.25. The standard InChI is InChI=1S/C22H17Cl3N4O4S.C10H8O3S/c23-15-7-5-14(6-8-15)21-12-17(27-28(21)19-10-9-16(24)11-18(19)25)13-26-34(32,33)22-4-2-1-3-20(22)29(30)31;11-14(12,13)10-6-5-8-3-1-2-4-9(8)7-10/h1-11,21,26H,12-13H2;1-7H,(H,11,12,13). The van der Waals surface area contributed by atoms with Gasteiger partial charge >= 0.3 is 0 Å². The summed E-state index contributed by atoms with van der Waals surface area (Å²) in [6.07, 6.45) is 0.389. The molecule has 0 bridgehead atoms. The number of hydrazone groups is 1. The number of nitrogens with zero attached hydrogens (tertiary/aromatic N) is 3. The average Bonchev–Trinajstić information content (AvgIpc) is 3.48. The maximum atomic E-state index is 12.8. The molecule has 0 aliphatic carbocycles. The highest BCUT2D eigenvalue weighted by Gasteiger charge is 2.32. The smallest absolute Gasteiger partial charge is 0.282 e. The Kier molecular flexibility index (Phi) is 10.7. The number of hydrogen-bond acceptors (Lipinski definition) is 8. The summed E-state index contributed by atoms with van der Waals surface area (Å²) in [5, 5.41) is 20.8. The van der Waals surface area contributed by atoms with Crippen molar-refractivity contribution in [3.63, 3.8) is 0 Å². The van der Waals surface area contributed by atoms with Crippen LogP contribution in [0.15, 0.2) is 124 Å². The van der Waals surface area contributed by atoms with Gasteiger partial charge in [-0.05, 0) is 64.9 Å². The van der Waals surface area contributed by atoms with Crippen molar-refractivity contribution in [3.8, 4) is 0 Å². The molecule has 1 unspecified atom stereocenters. The zero-order valence-electron chi connectivity index (χ0n) is 24.6. The summed E-state index contributed by atoms with van der Waals surface area (Å²) in [5.41, 5.74) is 1.52. The third kappa shape index (κ3) is 8.31. The number of halogens is 3. The molecule has 0 aromatic heterocycles. The maximum Gasteiger partial charge on any atom is 0.294 e. The number of hydrogen-bond donors (Lipinski definition) is 2. The largest absolute Gasteiger partial charge is 0.294 e. The molecule has 0 saturated carbocycles. The summed E-state index contributed by atoms with van der Waals surface area (Å²) in [6, 6.07) is 29.0. The van der Waals surface area contributed by atoms with Gasteiger partial charge < -0.3 is 0 Å². The van der Waals surface area contributed by atoms with Gasteiger partial charge in [0.2, 0.25) is 10.0 Å². The number of fused-ring (bicyclic) bond motifs is 1. The third-order valence-corrected chi connectivity index (χ3v) is 10.3. The average molecular weight is 748 g/mol. The first kappa shape index (κ1) is 35.2. The first-order valence-corrected chi connectivity index (χ1v) is 18.0. The molecule has 0 spiro atoms. The van der Waals surface area contributed by atoms with Gasteiger partial charge in [-0.3, -0.25) is 19.7 Å². The van der Waals surface area contributed by atoms with Crippen molar-refractivity contribution >= 4 is 82.8 Å². The van der Waals surface area contributed by atoms with E-state index in [0.717, 1.165) is 22.4 Å². The van der Waals surface area contributed by atoms with Crippen LogP contribution in [-0.2, 0) is 20.1 Å². The molecule has 5 aromatic carbocycles. The molecule has 2 N–H and O–H groups in total. The third-order valence-electron chi connectivity index (χ3n) is 7.22. The molecule has 0 radical (unpaired) electrons. The Balaban J connectivity index is 0.000000267. The Morgan fingerprint density at radius 2 is 1.48 bits per heavy atom. The van der Waals surface area contributed by atoms with Gasteiger partial charge in [0.05, 0.1) is 38.8 Å². The molecule has 1 aliphatic heterocycles. The number of nitro benzene ring substituents is 1. The number of rotatable bonds is 8. The van der Waals surface area contributed by atoms with Gasteiger partial charge in [0.25, 0.3) is 15.8 Å². The fraction of sp³-hybridized carbons (Fsp3) is 0.0938. The highest BCUT2D eigenvalue weighted by molar-refractivity contribution is 7.89. The number of nitrogens with one attached hydrogen (secondary N) is 1. The minimum absolute atomic E-state index is 0.0730. The monoisotopic (exact) mass is 746 g/mol. The van der Waals surface area contributed by atoms with E-state index in [9.17, 15) is 26.9 Å². The molecule has 1 heterocycles. The number of para-hydroxylation sites is 1. The summed E-state index contributed by atoms with van der Waals surface area (Å²) >= 11 is 18.5. The minimum Gasteiger partial charge on any atom is -0.282 e. The predicted molar refractivity (Wildman–Crippen MR) is 187 cm³/mol. The van der Waals surface area contributed by atoms with Crippen molar-refractivity contribution in [2.24, 2.45) is 5.10 Å². The second-order valence-corrected chi connectivity index (χ2v) is 14.8. The van der Waals surface area contributed by atoms with Crippen LogP contribution in [-0.4, -0.2) is 38.6 Å². The molecular formula is C32H25Cl3N4O7S2. The van der Waals surface area contributed by atoms with E-state index < -0.39 is 35.6 Å². The predicted octanol–water partition coefficient (Wildman–Crippen LogP) is 7.93. The summed E-state index contributed by atoms with van der Waals surface area (Å²) in [4.78, 5) is 10.0. The summed E-state index contributed by atoms with van der Waals surface area (Å²) < 4.78 is 58.5. The van der Waals surface area contributed by atoms with E-state index in [4.69, 9.17) is 39.4 Å². The lowest BCUT2D eigenvalue weighted by Crippen LogP contribution is -2.29. The van der Waals surface area contributed by atoms with Crippen LogP contribution in [0.2, 0.25) is 15.1 Å². The van der Waals surface area contributed by atoms with Gasteiger partial charge in [-0.1, -0.05) is 89.4 Å². The lowest BCUT2D eigenvalue weighted by molar-refractivity contribution is -0.387. The van der Waals surface area contributed by atoms with Crippen molar-refractivity contribution in [1.82, 2.24) is 4.72 Å². The molecule has 0 saturated heterocycles. The first-order chi connectivity index (χ1) is 22.7. The normalized spacial score (nSPS) is 14.7. The summed E-state index contributed by atoms with van der Waals surface area (Å²) in [5.74, 6) is 0. The Labute approximate surface area is 291 Å². The van der Waals surface area contributed by atoms with Crippen LogP contribution < -0.4 is 9.73 Å². The van der Waals surface area contributed by atoms with Crippen LogP contribution in [0.4, 0.5) is 11.4 Å². The molecule has 16 heteroatoms. The molecule has 0 fully saturated rings. The fourth-order valence-electron chi connectivity index (χ4n) is 4.93. The minimum atomic E-state index is -4.16. The Morgan fingerprint density at radius 3 is 2.15 bits per heavy atom. The number of benzene rings is 5. The Bertz CT molecular complexity index is 2250. The molecule has 0 amide bonds. The molecule has 248 valence electrons. The van der Waals surface area contributed by atoms with Gasteiger partial charge in [0, 0.05) is 22.5 Å². The van der Waals surface area contributed by atoms with Crippen LogP contribution in [0, 0.1) is 10.1 Å². The molecule has 1 atom stereocenters. The van der Waals surface area contributed by atoms with Gasteiger partial charge in [-0.2, -0.15) is 13.5 Å². The topological polar surface area (TPSA) is 159 Å². The van der Waals surface area contributed by atoms with E-state index >= 15 is 0 Å². The van der Waals surface area contributed by atoms with E-state index in [1.165, 1.54) is 30.3 Å².